The van der Waals surface area contributed by atoms with Crippen molar-refractivity contribution in [2.45, 2.75) is 0 Å². The van der Waals surface area contributed by atoms with Gasteiger partial charge in [-0.3, -0.25) is 0 Å². The third-order valence-electron chi connectivity index (χ3n) is 0.945. The van der Waals surface area contributed by atoms with Crippen molar-refractivity contribution in [3.63, 3.8) is 0 Å². The Labute approximate surface area is 53.6 Å². The van der Waals surface area contributed by atoms with Gasteiger partial charge in [0.15, 0.2) is 18.6 Å². The van der Waals surface area contributed by atoms with E-state index in [1.807, 2.05) is 36.5 Å². The fraction of sp³-hybridized carbons (Fsp3) is 0. The van der Waals surface area contributed by atoms with Gasteiger partial charge in [0.1, 0.15) is 0 Å². The Balaban J connectivity index is 2.97. The average Bonchev–Trinajstić information content (AvgIpc) is 1.91. The molecule has 0 saturated carbocycles. The van der Waals surface area contributed by atoms with Crippen LogP contribution in [0.2, 0.25) is 0 Å². The molecule has 0 unspecified atom stereocenters. The van der Waals surface area contributed by atoms with E-state index in [-0.39, 0.29) is 0 Å². The van der Waals surface area contributed by atoms with Gasteiger partial charge in [-0.15, -0.1) is 0 Å². The number of pyridine rings is 1. The van der Waals surface area contributed by atoms with Gasteiger partial charge in [0.25, 0.3) is 0 Å². The molecule has 0 amide bonds. The van der Waals surface area contributed by atoms with Gasteiger partial charge in [0.05, 0.1) is 0 Å². The lowest BCUT2D eigenvalue weighted by Gasteiger charge is -1.80. The molecule has 2 nitrogen and oxygen atoms in total. The van der Waals surface area contributed by atoms with Crippen LogP contribution in [0.4, 0.5) is 0 Å². The highest BCUT2D eigenvalue weighted by atomic mass is 14.9. The molecular formula is C7H6N2. The number of nitrogens with zero attached hydrogens (tertiary/aromatic N) is 2. The van der Waals surface area contributed by atoms with Gasteiger partial charge in [0, 0.05) is 12.1 Å². The SMILES string of the molecule is [N-]=C=C[n+]1ccccc1. The molecule has 0 fully saturated rings. The number of rotatable bonds is 1. The molecule has 0 bridgehead atoms. The molecule has 0 aliphatic carbocycles. The van der Waals surface area contributed by atoms with Crippen LogP contribution in [0.3, 0.4) is 0 Å². The lowest BCUT2D eigenvalue weighted by molar-refractivity contribution is -0.566. The minimum absolute atomic E-state index is 1.43. The summed E-state index contributed by atoms with van der Waals surface area (Å²) in [7, 11) is 0. The molecular weight excluding hydrogens is 112 g/mol. The van der Waals surface area contributed by atoms with Crippen LogP contribution in [0, 0.1) is 0 Å². The summed E-state index contributed by atoms with van der Waals surface area (Å²) in [5, 5.41) is 8.19. The summed E-state index contributed by atoms with van der Waals surface area (Å²) < 4.78 is 1.69. The van der Waals surface area contributed by atoms with E-state index in [4.69, 9.17) is 5.41 Å². The first kappa shape index (κ1) is 5.73. The molecule has 0 radical (unpaired) electrons. The lowest BCUT2D eigenvalue weighted by Crippen LogP contribution is -2.23. The predicted molar refractivity (Wildman–Crippen MR) is 35.8 cm³/mol. The highest BCUT2D eigenvalue weighted by molar-refractivity contribution is 5.66. The monoisotopic (exact) mass is 118 g/mol. The quantitative estimate of drug-likeness (QED) is 0.383. The standard InChI is InChI=1S/C7H6N2/c8-4-7-9-5-2-1-3-6-9/h1-3,5-7H. The Morgan fingerprint density at radius 1 is 1.22 bits per heavy atom. The van der Waals surface area contributed by atoms with Gasteiger partial charge in [-0.1, -0.05) is 6.07 Å². The normalized spacial score (nSPS) is 8.00. The van der Waals surface area contributed by atoms with Crippen molar-refractivity contribution >= 4 is 12.1 Å². The van der Waals surface area contributed by atoms with E-state index in [0.717, 1.165) is 0 Å². The first-order valence-electron chi connectivity index (χ1n) is 2.62. The van der Waals surface area contributed by atoms with Crippen molar-refractivity contribution in [2.24, 2.45) is 0 Å². The Morgan fingerprint density at radius 2 is 1.89 bits per heavy atom. The molecule has 0 spiro atoms. The third-order valence-corrected chi connectivity index (χ3v) is 0.945. The molecule has 1 aromatic heterocycles. The summed E-state index contributed by atoms with van der Waals surface area (Å²) in [6.45, 7) is 0. The topological polar surface area (TPSA) is 26.2 Å². The fourth-order valence-corrected chi connectivity index (χ4v) is 0.565. The van der Waals surface area contributed by atoms with E-state index in [9.17, 15) is 0 Å². The maximum atomic E-state index is 8.19. The third kappa shape index (κ3) is 1.52. The zero-order chi connectivity index (χ0) is 6.53. The van der Waals surface area contributed by atoms with Crippen molar-refractivity contribution in [1.29, 1.82) is 0 Å². The van der Waals surface area contributed by atoms with Gasteiger partial charge in [-0.25, -0.2) is 0 Å². The van der Waals surface area contributed by atoms with Crippen LogP contribution in [-0.4, -0.2) is 5.87 Å². The molecule has 1 rings (SSSR count). The molecule has 44 valence electrons. The number of hydrogen-bond acceptors (Lipinski definition) is 0. The summed E-state index contributed by atoms with van der Waals surface area (Å²) in [6, 6.07) is 5.64. The zero-order valence-electron chi connectivity index (χ0n) is 4.86. The summed E-state index contributed by atoms with van der Waals surface area (Å²) in [6.07, 6.45) is 5.05. The van der Waals surface area contributed by atoms with Crippen LogP contribution in [-0.2, 0) is 0 Å². The molecule has 2 heteroatoms. The van der Waals surface area contributed by atoms with Crippen LogP contribution >= 0.6 is 0 Å². The Hall–Kier alpha value is -1.40. The Kier molecular flexibility index (Phi) is 1.78. The van der Waals surface area contributed by atoms with Crippen LogP contribution in [0.25, 0.3) is 11.6 Å². The average molecular weight is 118 g/mol. The zero-order valence-corrected chi connectivity index (χ0v) is 4.86. The number of aromatic nitrogens is 1. The molecule has 0 saturated heterocycles. The van der Waals surface area contributed by atoms with Gasteiger partial charge < -0.3 is 5.41 Å². The van der Waals surface area contributed by atoms with E-state index in [2.05, 4.69) is 0 Å². The second kappa shape index (κ2) is 2.80. The first-order chi connectivity index (χ1) is 4.43. The molecule has 0 N–H and O–H groups in total. The van der Waals surface area contributed by atoms with Crippen molar-refractivity contribution in [3.05, 3.63) is 36.0 Å². The highest BCUT2D eigenvalue weighted by Gasteiger charge is 1.83. The van der Waals surface area contributed by atoms with E-state index in [0.29, 0.717) is 0 Å². The smallest absolute Gasteiger partial charge is 0.194 e. The second-order valence-corrected chi connectivity index (χ2v) is 1.58. The molecule has 1 aromatic rings. The van der Waals surface area contributed by atoms with Gasteiger partial charge in [0.2, 0.25) is 0 Å². The van der Waals surface area contributed by atoms with E-state index in [1.165, 1.54) is 6.20 Å². The molecule has 0 aromatic carbocycles. The summed E-state index contributed by atoms with van der Waals surface area (Å²) in [5.74, 6) is 1.92. The first-order valence-corrected chi connectivity index (χ1v) is 2.62. The minimum Gasteiger partial charge on any atom is -0.758 e. The maximum Gasteiger partial charge on any atom is 0.194 e. The molecule has 9 heavy (non-hydrogen) atoms. The van der Waals surface area contributed by atoms with E-state index >= 15 is 0 Å². The minimum atomic E-state index is 1.43. The van der Waals surface area contributed by atoms with Crippen molar-refractivity contribution in [2.75, 3.05) is 0 Å². The summed E-state index contributed by atoms with van der Waals surface area (Å²) in [4.78, 5) is 0. The fourth-order valence-electron chi connectivity index (χ4n) is 0.565. The van der Waals surface area contributed by atoms with Crippen molar-refractivity contribution < 1.29 is 4.57 Å². The second-order valence-electron chi connectivity index (χ2n) is 1.58. The molecule has 0 atom stereocenters. The van der Waals surface area contributed by atoms with Crippen molar-refractivity contribution in [3.8, 4) is 0 Å². The van der Waals surface area contributed by atoms with E-state index < -0.39 is 0 Å². The van der Waals surface area contributed by atoms with Crippen LogP contribution in [0.1, 0.15) is 0 Å². The Bertz CT molecular complexity index is 222. The maximum absolute atomic E-state index is 8.19. The summed E-state index contributed by atoms with van der Waals surface area (Å²) >= 11 is 0. The molecule has 0 aliphatic heterocycles. The Morgan fingerprint density at radius 3 is 2.44 bits per heavy atom. The summed E-state index contributed by atoms with van der Waals surface area (Å²) in [5.41, 5.74) is 0. The molecule has 0 aliphatic rings. The predicted octanol–water partition coefficient (Wildman–Crippen LogP) is 0.684. The van der Waals surface area contributed by atoms with Crippen LogP contribution in [0.15, 0.2) is 30.6 Å². The van der Waals surface area contributed by atoms with Gasteiger partial charge in [-0.05, 0) is 0 Å². The lowest BCUT2D eigenvalue weighted by atomic mass is 10.5. The van der Waals surface area contributed by atoms with Crippen molar-refractivity contribution in [1.82, 2.24) is 0 Å². The van der Waals surface area contributed by atoms with Gasteiger partial charge in [-0.2, -0.15) is 10.4 Å². The highest BCUT2D eigenvalue weighted by Crippen LogP contribution is 1.74. The van der Waals surface area contributed by atoms with Gasteiger partial charge >= 0.3 is 0 Å². The van der Waals surface area contributed by atoms with Crippen LogP contribution in [0.5, 0.6) is 0 Å². The van der Waals surface area contributed by atoms with Crippen LogP contribution < -0.4 is 4.57 Å². The largest absolute Gasteiger partial charge is 0.758 e. The molecule has 1 heterocycles. The van der Waals surface area contributed by atoms with E-state index in [1.54, 1.807) is 4.57 Å². The number of hydrogen-bond donors (Lipinski definition) is 0.